The SMILES string of the molecule is C[C@H]1NC(=O)N[C@H]1CCCCCC(=O)NC12CC3CC(CC(C3)C1)C2. The molecule has 1 heterocycles. The van der Waals surface area contributed by atoms with Gasteiger partial charge in [0, 0.05) is 18.0 Å². The van der Waals surface area contributed by atoms with E-state index < -0.39 is 0 Å². The topological polar surface area (TPSA) is 70.2 Å². The molecule has 140 valence electrons. The maximum atomic E-state index is 12.5. The van der Waals surface area contributed by atoms with Crippen LogP contribution in [0.15, 0.2) is 0 Å². The molecule has 3 N–H and O–H groups in total. The van der Waals surface area contributed by atoms with Crippen molar-refractivity contribution in [2.24, 2.45) is 17.8 Å². The van der Waals surface area contributed by atoms with E-state index in [-0.39, 0.29) is 29.6 Å². The average Bonchev–Trinajstić information content (AvgIpc) is 2.82. The first-order chi connectivity index (χ1) is 12.0. The monoisotopic (exact) mass is 347 g/mol. The third kappa shape index (κ3) is 3.80. The summed E-state index contributed by atoms with van der Waals surface area (Å²) in [6.07, 6.45) is 12.7. The lowest BCUT2D eigenvalue weighted by atomic mass is 9.53. The van der Waals surface area contributed by atoms with Crippen LogP contribution in [0.2, 0.25) is 0 Å². The van der Waals surface area contributed by atoms with Crippen molar-refractivity contribution in [3.63, 3.8) is 0 Å². The quantitative estimate of drug-likeness (QED) is 0.619. The number of hydrogen-bond donors (Lipinski definition) is 3. The second-order valence-electron chi connectivity index (χ2n) is 9.36. The van der Waals surface area contributed by atoms with E-state index in [1.54, 1.807) is 0 Å². The third-order valence-electron chi connectivity index (χ3n) is 7.14. The number of amides is 3. The molecule has 0 spiro atoms. The van der Waals surface area contributed by atoms with E-state index >= 15 is 0 Å². The zero-order chi connectivity index (χ0) is 17.4. The Hall–Kier alpha value is -1.26. The van der Waals surface area contributed by atoms with Gasteiger partial charge in [0.1, 0.15) is 0 Å². The van der Waals surface area contributed by atoms with Crippen LogP contribution in [0, 0.1) is 17.8 Å². The maximum Gasteiger partial charge on any atom is 0.315 e. The molecule has 3 amide bonds. The van der Waals surface area contributed by atoms with Crippen LogP contribution < -0.4 is 16.0 Å². The molecule has 0 aromatic heterocycles. The number of unbranched alkanes of at least 4 members (excludes halogenated alkanes) is 2. The summed E-state index contributed by atoms with van der Waals surface area (Å²) < 4.78 is 0. The fourth-order valence-corrected chi connectivity index (χ4v) is 6.41. The largest absolute Gasteiger partial charge is 0.351 e. The Balaban J connectivity index is 1.15. The third-order valence-corrected chi connectivity index (χ3v) is 7.14. The highest BCUT2D eigenvalue weighted by Crippen LogP contribution is 2.55. The Morgan fingerprint density at radius 3 is 2.24 bits per heavy atom. The fraction of sp³-hybridized carbons (Fsp3) is 0.900. The summed E-state index contributed by atoms with van der Waals surface area (Å²) in [7, 11) is 0. The summed E-state index contributed by atoms with van der Waals surface area (Å²) in [5.74, 6) is 2.91. The van der Waals surface area contributed by atoms with E-state index in [9.17, 15) is 9.59 Å². The summed E-state index contributed by atoms with van der Waals surface area (Å²) in [6, 6.07) is 0.410. The van der Waals surface area contributed by atoms with Crippen molar-refractivity contribution in [1.82, 2.24) is 16.0 Å². The van der Waals surface area contributed by atoms with Gasteiger partial charge in [-0.2, -0.15) is 0 Å². The van der Waals surface area contributed by atoms with E-state index in [1.165, 1.54) is 38.5 Å². The lowest BCUT2D eigenvalue weighted by Gasteiger charge is -2.56. The van der Waals surface area contributed by atoms with Gasteiger partial charge in [-0.15, -0.1) is 0 Å². The summed E-state index contributed by atoms with van der Waals surface area (Å²) in [5, 5.41) is 9.31. The Labute approximate surface area is 151 Å². The van der Waals surface area contributed by atoms with Crippen molar-refractivity contribution < 1.29 is 9.59 Å². The van der Waals surface area contributed by atoms with E-state index in [0.29, 0.717) is 6.42 Å². The molecule has 5 heteroatoms. The number of carbonyl (C=O) groups is 2. The second-order valence-corrected chi connectivity index (χ2v) is 9.36. The van der Waals surface area contributed by atoms with Crippen LogP contribution in [0.4, 0.5) is 4.79 Å². The molecule has 4 saturated carbocycles. The van der Waals surface area contributed by atoms with Gasteiger partial charge in [0.05, 0.1) is 6.04 Å². The minimum atomic E-state index is -0.0487. The van der Waals surface area contributed by atoms with Crippen molar-refractivity contribution >= 4 is 11.9 Å². The molecule has 0 unspecified atom stereocenters. The predicted molar refractivity (Wildman–Crippen MR) is 97.0 cm³/mol. The molecule has 25 heavy (non-hydrogen) atoms. The van der Waals surface area contributed by atoms with Crippen molar-refractivity contribution in [3.05, 3.63) is 0 Å². The number of urea groups is 1. The molecule has 5 nitrogen and oxygen atoms in total. The summed E-state index contributed by atoms with van der Waals surface area (Å²) in [4.78, 5) is 23.7. The molecule has 5 rings (SSSR count). The molecule has 5 aliphatic rings. The first-order valence-corrected chi connectivity index (χ1v) is 10.4. The highest BCUT2D eigenvalue weighted by atomic mass is 16.2. The zero-order valence-corrected chi connectivity index (χ0v) is 15.5. The minimum absolute atomic E-state index is 0.0487. The van der Waals surface area contributed by atoms with Gasteiger partial charge < -0.3 is 16.0 Å². The zero-order valence-electron chi connectivity index (χ0n) is 15.5. The van der Waals surface area contributed by atoms with Gasteiger partial charge in [-0.25, -0.2) is 4.79 Å². The number of hydrogen-bond acceptors (Lipinski definition) is 2. The lowest BCUT2D eigenvalue weighted by Crippen LogP contribution is -2.59. The predicted octanol–water partition coefficient (Wildman–Crippen LogP) is 3.09. The summed E-state index contributed by atoms with van der Waals surface area (Å²) in [5.41, 5.74) is 0.154. The minimum Gasteiger partial charge on any atom is -0.351 e. The molecular formula is C20H33N3O2. The van der Waals surface area contributed by atoms with Crippen molar-refractivity contribution in [2.45, 2.75) is 95.2 Å². The van der Waals surface area contributed by atoms with Crippen molar-refractivity contribution in [1.29, 1.82) is 0 Å². The van der Waals surface area contributed by atoms with Gasteiger partial charge in [-0.05, 0) is 76.0 Å². The molecule has 5 fully saturated rings. The van der Waals surface area contributed by atoms with E-state index in [0.717, 1.165) is 43.4 Å². The molecule has 4 aliphatic carbocycles. The lowest BCUT2D eigenvalue weighted by molar-refractivity contribution is -0.127. The van der Waals surface area contributed by atoms with Crippen LogP contribution in [-0.2, 0) is 4.79 Å². The highest BCUT2D eigenvalue weighted by Gasteiger charge is 2.51. The second kappa shape index (κ2) is 6.81. The smallest absolute Gasteiger partial charge is 0.315 e. The van der Waals surface area contributed by atoms with E-state index in [2.05, 4.69) is 16.0 Å². The molecular weight excluding hydrogens is 314 g/mol. The molecule has 4 bridgehead atoms. The Morgan fingerprint density at radius 2 is 1.68 bits per heavy atom. The van der Waals surface area contributed by atoms with Gasteiger partial charge in [0.15, 0.2) is 0 Å². The highest BCUT2D eigenvalue weighted by molar-refractivity contribution is 5.77. The molecule has 2 atom stereocenters. The number of carbonyl (C=O) groups excluding carboxylic acids is 2. The van der Waals surface area contributed by atoms with Crippen LogP contribution >= 0.6 is 0 Å². The van der Waals surface area contributed by atoms with E-state index in [4.69, 9.17) is 0 Å². The molecule has 1 aliphatic heterocycles. The first-order valence-electron chi connectivity index (χ1n) is 10.4. The molecule has 0 radical (unpaired) electrons. The van der Waals surface area contributed by atoms with Gasteiger partial charge in [0.2, 0.25) is 5.91 Å². The molecule has 1 saturated heterocycles. The van der Waals surface area contributed by atoms with Crippen molar-refractivity contribution in [2.75, 3.05) is 0 Å². The normalized spacial score (nSPS) is 41.5. The fourth-order valence-electron chi connectivity index (χ4n) is 6.41. The van der Waals surface area contributed by atoms with Crippen LogP contribution in [0.5, 0.6) is 0 Å². The maximum absolute atomic E-state index is 12.5. The Morgan fingerprint density at radius 1 is 1.04 bits per heavy atom. The standard InChI is InChI=1S/C20H33N3O2/c1-13-17(22-19(25)21-13)5-3-2-4-6-18(24)23-20-10-14-7-15(11-20)9-16(8-14)12-20/h13-17H,2-12H2,1H3,(H,23,24)(H2,21,22,25)/t13-,14?,15?,16?,17+,20?/m1/s1. The summed E-state index contributed by atoms with van der Waals surface area (Å²) in [6.45, 7) is 2.04. The van der Waals surface area contributed by atoms with E-state index in [1.807, 2.05) is 6.92 Å². The molecule has 0 aromatic carbocycles. The van der Waals surface area contributed by atoms with Crippen LogP contribution in [-0.4, -0.2) is 29.6 Å². The van der Waals surface area contributed by atoms with Crippen molar-refractivity contribution in [3.8, 4) is 0 Å². The van der Waals surface area contributed by atoms with Crippen LogP contribution in [0.1, 0.15) is 77.6 Å². The van der Waals surface area contributed by atoms with Crippen LogP contribution in [0.3, 0.4) is 0 Å². The number of rotatable bonds is 7. The van der Waals surface area contributed by atoms with Gasteiger partial charge in [0.25, 0.3) is 0 Å². The Kier molecular flexibility index (Phi) is 4.67. The number of nitrogens with one attached hydrogen (secondary N) is 3. The molecule has 0 aromatic rings. The van der Waals surface area contributed by atoms with Crippen LogP contribution in [0.25, 0.3) is 0 Å². The Bertz CT molecular complexity index is 498. The van der Waals surface area contributed by atoms with Gasteiger partial charge >= 0.3 is 6.03 Å². The van der Waals surface area contributed by atoms with Gasteiger partial charge in [-0.3, -0.25) is 4.79 Å². The average molecular weight is 348 g/mol. The summed E-state index contributed by atoms with van der Waals surface area (Å²) >= 11 is 0. The first kappa shape index (κ1) is 17.2. The van der Waals surface area contributed by atoms with Gasteiger partial charge in [-0.1, -0.05) is 12.8 Å².